The van der Waals surface area contributed by atoms with Gasteiger partial charge >= 0.3 is 0 Å². The van der Waals surface area contributed by atoms with Crippen molar-refractivity contribution in [1.29, 1.82) is 0 Å². The smallest absolute Gasteiger partial charge is 0.259 e. The predicted octanol–water partition coefficient (Wildman–Crippen LogP) is 4.45. The molecule has 0 aliphatic rings. The Balaban J connectivity index is 0.00000361. The summed E-state index contributed by atoms with van der Waals surface area (Å²) in [4.78, 5) is 29.8. The average molecular weight is 510 g/mol. The molecule has 0 fully saturated rings. The number of hydrogen-bond acceptors (Lipinski definition) is 6. The summed E-state index contributed by atoms with van der Waals surface area (Å²) < 4.78 is 16.3. The Bertz CT molecular complexity index is 1370. The first kappa shape index (κ1) is 26.5. The third-order valence-electron chi connectivity index (χ3n) is 5.27. The highest BCUT2D eigenvalue weighted by molar-refractivity contribution is 6.07. The Kier molecular flexibility index (Phi) is 8.46. The topological polar surface area (TPSA) is 128 Å². The van der Waals surface area contributed by atoms with Gasteiger partial charge in [-0.25, -0.2) is 9.37 Å². The van der Waals surface area contributed by atoms with Gasteiger partial charge in [0, 0.05) is 23.8 Å². The van der Waals surface area contributed by atoms with Gasteiger partial charge in [0.2, 0.25) is 0 Å². The van der Waals surface area contributed by atoms with Crippen LogP contribution in [0.15, 0.2) is 67.0 Å². The van der Waals surface area contributed by atoms with Crippen LogP contribution in [0.3, 0.4) is 0 Å². The van der Waals surface area contributed by atoms with Gasteiger partial charge in [-0.2, -0.15) is 0 Å². The minimum atomic E-state index is -0.733. The molecule has 9 nitrogen and oxygen atoms in total. The Morgan fingerprint density at radius 2 is 1.78 bits per heavy atom. The second-order valence-electron chi connectivity index (χ2n) is 8.07. The summed E-state index contributed by atoms with van der Waals surface area (Å²) in [6, 6.07) is 15.7. The zero-order valence-electron chi connectivity index (χ0n) is 19.6. The van der Waals surface area contributed by atoms with Crippen LogP contribution in [0.25, 0.3) is 11.5 Å². The van der Waals surface area contributed by atoms with Gasteiger partial charge in [-0.3, -0.25) is 9.59 Å². The fraction of sp³-hybridized carbons (Fsp3) is 0.160. The van der Waals surface area contributed by atoms with E-state index in [1.165, 1.54) is 12.1 Å². The van der Waals surface area contributed by atoms with Crippen LogP contribution in [0.5, 0.6) is 0 Å². The van der Waals surface area contributed by atoms with Gasteiger partial charge in [0.05, 0.1) is 5.56 Å². The van der Waals surface area contributed by atoms with Crippen molar-refractivity contribution in [2.75, 3.05) is 10.6 Å². The monoisotopic (exact) mass is 509 g/mol. The Morgan fingerprint density at radius 1 is 1.03 bits per heavy atom. The highest BCUT2D eigenvalue weighted by atomic mass is 35.5. The number of nitrogens with one attached hydrogen (secondary N) is 2. The first-order chi connectivity index (χ1) is 16.9. The molecule has 4 N–H and O–H groups in total. The van der Waals surface area contributed by atoms with Crippen molar-refractivity contribution in [1.82, 2.24) is 19.7 Å². The molecule has 2 aromatic carbocycles. The molecule has 0 bridgehead atoms. The number of halogens is 2. The van der Waals surface area contributed by atoms with Crippen molar-refractivity contribution < 1.29 is 14.0 Å². The molecule has 0 saturated carbocycles. The summed E-state index contributed by atoms with van der Waals surface area (Å²) in [5.74, 6) is -1.06. The maximum atomic E-state index is 14.5. The first-order valence-electron chi connectivity index (χ1n) is 10.9. The number of nitrogens with zero attached hydrogens (tertiary/aromatic N) is 4. The Morgan fingerprint density at radius 3 is 2.47 bits per heavy atom. The van der Waals surface area contributed by atoms with Crippen LogP contribution in [0, 0.1) is 5.82 Å². The third kappa shape index (κ3) is 5.91. The lowest BCUT2D eigenvalue weighted by atomic mass is 10.1. The normalized spacial score (nSPS) is 10.6. The van der Waals surface area contributed by atoms with Gasteiger partial charge in [0.1, 0.15) is 23.7 Å². The van der Waals surface area contributed by atoms with Gasteiger partial charge in [-0.1, -0.05) is 18.2 Å². The molecule has 2 amide bonds. The van der Waals surface area contributed by atoms with E-state index in [1.54, 1.807) is 48.8 Å². The van der Waals surface area contributed by atoms with Crippen LogP contribution in [-0.4, -0.2) is 31.6 Å². The second kappa shape index (κ2) is 11.5. The Labute approximate surface area is 213 Å². The molecule has 0 spiro atoms. The quantitative estimate of drug-likeness (QED) is 0.338. The van der Waals surface area contributed by atoms with Crippen LogP contribution < -0.4 is 16.4 Å². The van der Waals surface area contributed by atoms with Crippen molar-refractivity contribution in [3.63, 3.8) is 0 Å². The van der Waals surface area contributed by atoms with E-state index in [2.05, 4.69) is 25.8 Å². The number of amides is 2. The predicted molar refractivity (Wildman–Crippen MR) is 138 cm³/mol. The maximum Gasteiger partial charge on any atom is 0.259 e. The lowest BCUT2D eigenvalue weighted by Gasteiger charge is -2.11. The molecule has 0 atom stereocenters. The summed E-state index contributed by atoms with van der Waals surface area (Å²) in [6.45, 7) is 4.35. The number of anilines is 2. The number of carbonyl (C=O) groups is 2. The fourth-order valence-corrected chi connectivity index (χ4v) is 3.39. The van der Waals surface area contributed by atoms with E-state index in [4.69, 9.17) is 5.73 Å². The van der Waals surface area contributed by atoms with E-state index in [0.717, 1.165) is 11.6 Å². The van der Waals surface area contributed by atoms with E-state index < -0.39 is 17.6 Å². The van der Waals surface area contributed by atoms with Gasteiger partial charge in [0.25, 0.3) is 11.8 Å². The van der Waals surface area contributed by atoms with E-state index in [1.807, 2.05) is 18.4 Å². The van der Waals surface area contributed by atoms with E-state index in [-0.39, 0.29) is 35.5 Å². The number of rotatable bonds is 7. The molecule has 186 valence electrons. The largest absolute Gasteiger partial charge is 0.326 e. The summed E-state index contributed by atoms with van der Waals surface area (Å²) in [6.07, 6.45) is 1.61. The van der Waals surface area contributed by atoms with Crippen LogP contribution >= 0.6 is 12.4 Å². The molecule has 0 unspecified atom stereocenters. The lowest BCUT2D eigenvalue weighted by Crippen LogP contribution is -2.17. The van der Waals surface area contributed by atoms with Crippen LogP contribution in [-0.2, 0) is 6.54 Å². The first-order valence-corrected chi connectivity index (χ1v) is 10.9. The van der Waals surface area contributed by atoms with Crippen LogP contribution in [0.2, 0.25) is 0 Å². The zero-order chi connectivity index (χ0) is 24.9. The lowest BCUT2D eigenvalue weighted by molar-refractivity contribution is 0.101. The van der Waals surface area contributed by atoms with E-state index in [0.29, 0.717) is 23.6 Å². The van der Waals surface area contributed by atoms with Gasteiger partial charge in [0.15, 0.2) is 5.82 Å². The van der Waals surface area contributed by atoms with Gasteiger partial charge in [-0.05, 0) is 61.9 Å². The molecule has 0 aliphatic heterocycles. The van der Waals surface area contributed by atoms with Crippen LogP contribution in [0.1, 0.15) is 46.2 Å². The minimum absolute atomic E-state index is 0. The minimum Gasteiger partial charge on any atom is -0.326 e. The molecule has 0 saturated heterocycles. The standard InChI is InChI=1S/C25H24FN7O2.ClH/c1-15(2)33-14-28-32-23(33)21-4-3-5-22(30-21)31-25(35)19-12-18(10-11-20(19)26)29-24(34)17-8-6-16(13-27)7-9-17;/h3-12,14-15H,13,27H2,1-2H3,(H,29,34)(H,30,31,35);1H. The molecular weight excluding hydrogens is 485 g/mol. The number of aromatic nitrogens is 4. The molecule has 4 aromatic rings. The average Bonchev–Trinajstić information content (AvgIpc) is 3.36. The Hall–Kier alpha value is -4.15. The van der Waals surface area contributed by atoms with Gasteiger partial charge in [-0.15, -0.1) is 22.6 Å². The summed E-state index contributed by atoms with van der Waals surface area (Å²) >= 11 is 0. The molecule has 11 heteroatoms. The van der Waals surface area contributed by atoms with Crippen molar-refractivity contribution in [2.45, 2.75) is 26.4 Å². The fourth-order valence-electron chi connectivity index (χ4n) is 3.39. The molecule has 4 rings (SSSR count). The summed E-state index contributed by atoms with van der Waals surface area (Å²) in [7, 11) is 0. The second-order valence-corrected chi connectivity index (χ2v) is 8.07. The number of nitrogens with two attached hydrogens (primary N) is 1. The number of hydrogen-bond donors (Lipinski definition) is 3. The van der Waals surface area contributed by atoms with Crippen molar-refractivity contribution in [3.05, 3.63) is 89.5 Å². The highest BCUT2D eigenvalue weighted by Crippen LogP contribution is 2.21. The van der Waals surface area contributed by atoms with Crippen LogP contribution in [0.4, 0.5) is 15.9 Å². The molecule has 2 aromatic heterocycles. The van der Waals surface area contributed by atoms with Gasteiger partial charge < -0.3 is 20.9 Å². The number of pyridine rings is 1. The summed E-state index contributed by atoms with van der Waals surface area (Å²) in [5.41, 5.74) is 7.43. The third-order valence-corrected chi connectivity index (χ3v) is 5.27. The molecule has 0 aliphatic carbocycles. The molecule has 0 radical (unpaired) electrons. The van der Waals surface area contributed by atoms with E-state index in [9.17, 15) is 14.0 Å². The van der Waals surface area contributed by atoms with Crippen molar-refractivity contribution in [3.8, 4) is 11.5 Å². The maximum absolute atomic E-state index is 14.5. The highest BCUT2D eigenvalue weighted by Gasteiger charge is 2.17. The summed E-state index contributed by atoms with van der Waals surface area (Å²) in [5, 5.41) is 13.3. The van der Waals surface area contributed by atoms with Crippen molar-refractivity contribution in [2.24, 2.45) is 5.73 Å². The number of benzene rings is 2. The molecule has 2 heterocycles. The zero-order valence-corrected chi connectivity index (χ0v) is 20.4. The molecular formula is C25H25ClFN7O2. The van der Waals surface area contributed by atoms with Crippen molar-refractivity contribution >= 4 is 35.7 Å². The molecule has 36 heavy (non-hydrogen) atoms. The van der Waals surface area contributed by atoms with E-state index >= 15 is 0 Å². The SMILES string of the molecule is CC(C)n1cnnc1-c1cccc(NC(=O)c2cc(NC(=O)c3ccc(CN)cc3)ccc2F)n1.Cl. The number of carbonyl (C=O) groups excluding carboxylic acids is 2.